The van der Waals surface area contributed by atoms with Crippen LogP contribution in [0.4, 0.5) is 0 Å². The second-order valence-electron chi connectivity index (χ2n) is 7.81. The van der Waals surface area contributed by atoms with Crippen LogP contribution in [0.15, 0.2) is 24.3 Å². The number of benzene rings is 1. The summed E-state index contributed by atoms with van der Waals surface area (Å²) in [6, 6.07) is 8.68. The zero-order valence-electron chi connectivity index (χ0n) is 13.8. The van der Waals surface area contributed by atoms with Gasteiger partial charge in [0.1, 0.15) is 0 Å². The highest BCUT2D eigenvalue weighted by Crippen LogP contribution is 2.42. The van der Waals surface area contributed by atoms with Crippen LogP contribution in [-0.4, -0.2) is 35.6 Å². The highest BCUT2D eigenvalue weighted by atomic mass is 16.4. The number of fused-ring (bicyclic) bond motifs is 3. The van der Waals surface area contributed by atoms with Crippen molar-refractivity contribution in [3.05, 3.63) is 35.4 Å². The molecule has 1 saturated carbocycles. The minimum atomic E-state index is -0.633. The van der Waals surface area contributed by atoms with Gasteiger partial charge in [-0.25, -0.2) is 0 Å². The molecular formula is C20H27NO2. The van der Waals surface area contributed by atoms with E-state index in [1.165, 1.54) is 44.5 Å². The number of carboxylic acid groups (broad SMARTS) is 1. The van der Waals surface area contributed by atoms with E-state index in [0.29, 0.717) is 5.92 Å². The lowest BCUT2D eigenvalue weighted by atomic mass is 9.69. The van der Waals surface area contributed by atoms with Crippen LogP contribution >= 0.6 is 0 Å². The fourth-order valence-electron chi connectivity index (χ4n) is 5.17. The summed E-state index contributed by atoms with van der Waals surface area (Å²) in [6.45, 7) is 3.72. The highest BCUT2D eigenvalue weighted by Gasteiger charge is 2.41. The third kappa shape index (κ3) is 2.59. The first-order chi connectivity index (χ1) is 11.2. The molecule has 0 aromatic heterocycles. The molecular weight excluding hydrogens is 286 g/mol. The van der Waals surface area contributed by atoms with E-state index < -0.39 is 11.4 Å². The molecule has 5 rings (SSSR count). The number of hydrogen-bond acceptors (Lipinski definition) is 2. The van der Waals surface area contributed by atoms with Crippen LogP contribution in [0.5, 0.6) is 0 Å². The van der Waals surface area contributed by atoms with E-state index >= 15 is 0 Å². The van der Waals surface area contributed by atoms with E-state index in [-0.39, 0.29) is 0 Å². The fraction of sp³-hybridized carbons (Fsp3) is 0.650. The van der Waals surface area contributed by atoms with Crippen molar-refractivity contribution >= 4 is 5.97 Å². The number of aliphatic carboxylic acids is 1. The van der Waals surface area contributed by atoms with Crippen LogP contribution in [0.2, 0.25) is 0 Å². The van der Waals surface area contributed by atoms with Gasteiger partial charge in [0, 0.05) is 6.54 Å². The number of hydrogen-bond donors (Lipinski definition) is 1. The van der Waals surface area contributed by atoms with Crippen molar-refractivity contribution < 1.29 is 9.90 Å². The smallest absolute Gasteiger partial charge is 0.314 e. The molecule has 0 amide bonds. The second kappa shape index (κ2) is 5.94. The van der Waals surface area contributed by atoms with Gasteiger partial charge >= 0.3 is 5.97 Å². The molecule has 124 valence electrons. The molecule has 0 radical (unpaired) electrons. The first kappa shape index (κ1) is 15.2. The van der Waals surface area contributed by atoms with Crippen LogP contribution in [0.25, 0.3) is 0 Å². The SMILES string of the molecule is O=C(O)C1(c2ccc(C3CN4CCC3CC4)cc2)CCCCC1. The molecule has 4 fully saturated rings. The van der Waals surface area contributed by atoms with Crippen molar-refractivity contribution in [1.82, 2.24) is 4.90 Å². The van der Waals surface area contributed by atoms with E-state index in [0.717, 1.165) is 37.2 Å². The van der Waals surface area contributed by atoms with E-state index in [4.69, 9.17) is 0 Å². The number of carboxylic acids is 1. The highest BCUT2D eigenvalue weighted by molar-refractivity contribution is 5.81. The van der Waals surface area contributed by atoms with Gasteiger partial charge in [-0.05, 0) is 61.7 Å². The molecule has 0 spiro atoms. The summed E-state index contributed by atoms with van der Waals surface area (Å²) in [5, 5.41) is 9.84. The summed E-state index contributed by atoms with van der Waals surface area (Å²) in [4.78, 5) is 14.5. The average Bonchev–Trinajstić information content (AvgIpc) is 2.63. The third-order valence-electron chi connectivity index (χ3n) is 6.66. The summed E-state index contributed by atoms with van der Waals surface area (Å²) < 4.78 is 0. The maximum Gasteiger partial charge on any atom is 0.314 e. The molecule has 3 heteroatoms. The van der Waals surface area contributed by atoms with E-state index in [1.807, 2.05) is 0 Å². The Hall–Kier alpha value is -1.35. The van der Waals surface area contributed by atoms with Crippen molar-refractivity contribution in [2.75, 3.05) is 19.6 Å². The largest absolute Gasteiger partial charge is 0.481 e. The van der Waals surface area contributed by atoms with Crippen LogP contribution in [0.3, 0.4) is 0 Å². The molecule has 1 aromatic rings. The molecule has 1 unspecified atom stereocenters. The van der Waals surface area contributed by atoms with Crippen molar-refractivity contribution in [3.63, 3.8) is 0 Å². The van der Waals surface area contributed by atoms with Gasteiger partial charge in [-0.15, -0.1) is 0 Å². The maximum atomic E-state index is 12.0. The fourth-order valence-corrected chi connectivity index (χ4v) is 5.17. The first-order valence-corrected chi connectivity index (χ1v) is 9.25. The second-order valence-corrected chi connectivity index (χ2v) is 7.81. The molecule has 3 heterocycles. The zero-order valence-corrected chi connectivity index (χ0v) is 13.8. The summed E-state index contributed by atoms with van der Waals surface area (Å²) in [6.07, 6.45) is 7.48. The number of rotatable bonds is 3. The number of nitrogens with zero attached hydrogens (tertiary/aromatic N) is 1. The predicted octanol–water partition coefficient (Wildman–Crippen LogP) is 3.78. The van der Waals surface area contributed by atoms with Crippen molar-refractivity contribution in [2.45, 2.75) is 56.3 Å². The molecule has 3 aliphatic heterocycles. The van der Waals surface area contributed by atoms with Crippen LogP contribution in [-0.2, 0) is 10.2 Å². The van der Waals surface area contributed by atoms with Gasteiger partial charge in [-0.1, -0.05) is 43.5 Å². The summed E-state index contributed by atoms with van der Waals surface area (Å²) in [5.41, 5.74) is 1.81. The monoisotopic (exact) mass is 313 g/mol. The molecule has 3 saturated heterocycles. The lowest BCUT2D eigenvalue weighted by Gasteiger charge is -2.45. The Labute approximate surface area is 138 Å². The summed E-state index contributed by atoms with van der Waals surface area (Å²) in [5.74, 6) is 0.848. The molecule has 1 N–H and O–H groups in total. The first-order valence-electron chi connectivity index (χ1n) is 9.25. The Morgan fingerprint density at radius 3 is 2.22 bits per heavy atom. The molecule has 3 nitrogen and oxygen atoms in total. The van der Waals surface area contributed by atoms with Gasteiger partial charge in [0.2, 0.25) is 0 Å². The maximum absolute atomic E-state index is 12.0. The normalized spacial score (nSPS) is 32.6. The molecule has 1 atom stereocenters. The molecule has 1 aromatic carbocycles. The van der Waals surface area contributed by atoms with Crippen LogP contribution < -0.4 is 0 Å². The van der Waals surface area contributed by atoms with Crippen molar-refractivity contribution in [1.29, 1.82) is 0 Å². The Morgan fingerprint density at radius 1 is 1.04 bits per heavy atom. The standard InChI is InChI=1S/C20H27NO2/c22-19(23)20(10-2-1-3-11-20)17-6-4-15(5-7-17)18-14-21-12-8-16(18)9-13-21/h4-7,16,18H,1-3,8-14H2,(H,22,23). The van der Waals surface area contributed by atoms with Crippen LogP contribution in [0, 0.1) is 5.92 Å². The zero-order chi connectivity index (χ0) is 15.9. The molecule has 1 aliphatic carbocycles. The van der Waals surface area contributed by atoms with Gasteiger partial charge in [0.25, 0.3) is 0 Å². The van der Waals surface area contributed by atoms with Gasteiger partial charge in [0.15, 0.2) is 0 Å². The van der Waals surface area contributed by atoms with E-state index in [1.54, 1.807) is 0 Å². The Kier molecular flexibility index (Phi) is 3.92. The lowest BCUT2D eigenvalue weighted by molar-refractivity contribution is -0.145. The molecule has 4 aliphatic rings. The van der Waals surface area contributed by atoms with E-state index in [9.17, 15) is 9.90 Å². The number of carbonyl (C=O) groups is 1. The van der Waals surface area contributed by atoms with E-state index in [2.05, 4.69) is 29.2 Å². The topological polar surface area (TPSA) is 40.5 Å². The minimum absolute atomic E-state index is 0.632. The van der Waals surface area contributed by atoms with Gasteiger partial charge < -0.3 is 10.0 Å². The van der Waals surface area contributed by atoms with Crippen molar-refractivity contribution in [2.24, 2.45) is 5.92 Å². The predicted molar refractivity (Wildman–Crippen MR) is 90.7 cm³/mol. The number of piperidine rings is 3. The minimum Gasteiger partial charge on any atom is -0.481 e. The quantitative estimate of drug-likeness (QED) is 0.923. The summed E-state index contributed by atoms with van der Waals surface area (Å²) >= 11 is 0. The average molecular weight is 313 g/mol. The Bertz CT molecular complexity index is 566. The van der Waals surface area contributed by atoms with Gasteiger partial charge in [-0.2, -0.15) is 0 Å². The van der Waals surface area contributed by atoms with Gasteiger partial charge in [-0.3, -0.25) is 4.79 Å². The Morgan fingerprint density at radius 2 is 1.70 bits per heavy atom. The van der Waals surface area contributed by atoms with Crippen molar-refractivity contribution in [3.8, 4) is 0 Å². The van der Waals surface area contributed by atoms with Gasteiger partial charge in [0.05, 0.1) is 5.41 Å². The summed E-state index contributed by atoms with van der Waals surface area (Å²) in [7, 11) is 0. The van der Waals surface area contributed by atoms with Crippen LogP contribution in [0.1, 0.15) is 62.0 Å². The third-order valence-corrected chi connectivity index (χ3v) is 6.66. The lowest BCUT2D eigenvalue weighted by Crippen LogP contribution is -2.46. The molecule has 2 bridgehead atoms. The molecule has 23 heavy (non-hydrogen) atoms. The Balaban J connectivity index is 1.59.